The number of rotatable bonds is 7. The summed E-state index contributed by atoms with van der Waals surface area (Å²) in [6.07, 6.45) is 2.69. The Morgan fingerprint density at radius 2 is 2.00 bits per heavy atom. The number of nitrogens with one attached hydrogen (secondary N) is 1. The molecule has 3 nitrogen and oxygen atoms in total. The molecule has 0 fully saturated rings. The summed E-state index contributed by atoms with van der Waals surface area (Å²) < 4.78 is 0. The largest absolute Gasteiger partial charge is 0.325 e. The van der Waals surface area contributed by atoms with Crippen molar-refractivity contribution in [1.29, 1.82) is 0 Å². The fourth-order valence-corrected chi connectivity index (χ4v) is 2.07. The van der Waals surface area contributed by atoms with Crippen LogP contribution in [0.1, 0.15) is 45.6 Å². The highest BCUT2D eigenvalue weighted by Crippen LogP contribution is 2.27. The van der Waals surface area contributed by atoms with Crippen molar-refractivity contribution in [3.8, 4) is 0 Å². The average Bonchev–Trinajstić information content (AvgIpc) is 2.42. The van der Waals surface area contributed by atoms with Gasteiger partial charge in [-0.1, -0.05) is 44.5 Å². The van der Waals surface area contributed by atoms with Gasteiger partial charge in [-0.15, -0.1) is 0 Å². The van der Waals surface area contributed by atoms with Gasteiger partial charge in [0.1, 0.15) is 5.78 Å². The molecule has 0 aromatic heterocycles. The van der Waals surface area contributed by atoms with Gasteiger partial charge in [-0.2, -0.15) is 0 Å². The smallest absolute Gasteiger partial charge is 0.226 e. The maximum atomic E-state index is 11.7. The minimum absolute atomic E-state index is 0.0507. The Labute approximate surface area is 125 Å². The topological polar surface area (TPSA) is 46.2 Å². The van der Waals surface area contributed by atoms with Crippen LogP contribution in [-0.2, 0) is 16.0 Å². The van der Waals surface area contributed by atoms with Crippen LogP contribution in [-0.4, -0.2) is 11.7 Å². The van der Waals surface area contributed by atoms with Crippen LogP contribution in [0.3, 0.4) is 0 Å². The predicted octanol–water partition coefficient (Wildman–Crippen LogP) is 4.24. The molecule has 0 saturated carbocycles. The van der Waals surface area contributed by atoms with Gasteiger partial charge < -0.3 is 5.32 Å². The lowest BCUT2D eigenvalue weighted by Gasteiger charge is -2.12. The number of Topliss-reactive ketones (excluding diaryl/α,β-unsaturated/α-hetero) is 1. The third-order valence-corrected chi connectivity index (χ3v) is 3.60. The Morgan fingerprint density at radius 1 is 1.30 bits per heavy atom. The Balaban J connectivity index is 2.69. The molecular formula is C16H22ClNO2. The van der Waals surface area contributed by atoms with Crippen LogP contribution in [0, 0.1) is 5.92 Å². The van der Waals surface area contributed by atoms with Gasteiger partial charge >= 0.3 is 0 Å². The van der Waals surface area contributed by atoms with Crippen molar-refractivity contribution < 1.29 is 9.59 Å². The van der Waals surface area contributed by atoms with Gasteiger partial charge in [0, 0.05) is 18.8 Å². The maximum Gasteiger partial charge on any atom is 0.226 e. The number of aryl methyl sites for hydroxylation is 1. The van der Waals surface area contributed by atoms with Crippen LogP contribution >= 0.6 is 11.6 Å². The van der Waals surface area contributed by atoms with E-state index in [2.05, 4.69) is 5.32 Å². The van der Waals surface area contributed by atoms with Crippen molar-refractivity contribution in [2.45, 2.75) is 46.5 Å². The first kappa shape index (κ1) is 16.7. The summed E-state index contributed by atoms with van der Waals surface area (Å²) in [6.45, 7) is 5.55. The van der Waals surface area contributed by atoms with E-state index >= 15 is 0 Å². The number of carbonyl (C=O) groups is 2. The van der Waals surface area contributed by atoms with Crippen LogP contribution in [0.15, 0.2) is 18.2 Å². The van der Waals surface area contributed by atoms with Crippen molar-refractivity contribution in [1.82, 2.24) is 0 Å². The summed E-state index contributed by atoms with van der Waals surface area (Å²) in [5, 5.41) is 3.40. The zero-order valence-electron chi connectivity index (χ0n) is 12.3. The Morgan fingerprint density at radius 3 is 2.60 bits per heavy atom. The van der Waals surface area contributed by atoms with E-state index < -0.39 is 0 Å². The quantitative estimate of drug-likeness (QED) is 0.818. The molecule has 4 heteroatoms. The molecule has 110 valence electrons. The molecule has 0 bridgehead atoms. The molecule has 0 unspecified atom stereocenters. The molecule has 0 spiro atoms. The summed E-state index contributed by atoms with van der Waals surface area (Å²) in [6, 6.07) is 5.60. The molecule has 1 N–H and O–H groups in total. The molecular weight excluding hydrogens is 274 g/mol. The second kappa shape index (κ2) is 8.05. The molecule has 0 aliphatic carbocycles. The summed E-state index contributed by atoms with van der Waals surface area (Å²) in [5.41, 5.74) is 1.61. The molecule has 1 rings (SSSR count). The highest BCUT2D eigenvalue weighted by Gasteiger charge is 2.11. The number of ketones is 1. The normalized spacial score (nSPS) is 10.7. The summed E-state index contributed by atoms with van der Waals surface area (Å²) in [4.78, 5) is 23.0. The SMILES string of the molecule is CCC(=O)CCCc1cccc(NC(=O)C(C)C)c1Cl. The Hall–Kier alpha value is -1.35. The molecule has 0 saturated heterocycles. The van der Waals surface area contributed by atoms with Crippen molar-refractivity contribution in [3.63, 3.8) is 0 Å². The summed E-state index contributed by atoms with van der Waals surface area (Å²) in [5.74, 6) is 0.132. The predicted molar refractivity (Wildman–Crippen MR) is 83.2 cm³/mol. The lowest BCUT2D eigenvalue weighted by Crippen LogP contribution is -2.18. The fourth-order valence-electron chi connectivity index (χ4n) is 1.80. The molecule has 20 heavy (non-hydrogen) atoms. The summed E-state index contributed by atoms with van der Waals surface area (Å²) in [7, 11) is 0. The zero-order valence-corrected chi connectivity index (χ0v) is 13.1. The van der Waals surface area contributed by atoms with Crippen molar-refractivity contribution in [3.05, 3.63) is 28.8 Å². The highest BCUT2D eigenvalue weighted by atomic mass is 35.5. The second-order valence-corrected chi connectivity index (χ2v) is 5.55. The van der Waals surface area contributed by atoms with Gasteiger partial charge in [0.15, 0.2) is 0 Å². The van der Waals surface area contributed by atoms with E-state index in [1.165, 1.54) is 0 Å². The number of amides is 1. The molecule has 0 heterocycles. The van der Waals surface area contributed by atoms with Gasteiger partial charge in [0.05, 0.1) is 10.7 Å². The van der Waals surface area contributed by atoms with E-state index in [-0.39, 0.29) is 17.6 Å². The third-order valence-electron chi connectivity index (χ3n) is 3.16. The first-order chi connectivity index (χ1) is 9.45. The first-order valence-electron chi connectivity index (χ1n) is 7.05. The number of halogens is 1. The zero-order chi connectivity index (χ0) is 15.1. The Kier molecular flexibility index (Phi) is 6.73. The number of anilines is 1. The van der Waals surface area contributed by atoms with E-state index in [1.54, 1.807) is 6.07 Å². The van der Waals surface area contributed by atoms with Crippen LogP contribution < -0.4 is 5.32 Å². The average molecular weight is 296 g/mol. The van der Waals surface area contributed by atoms with Gasteiger partial charge in [-0.25, -0.2) is 0 Å². The lowest BCUT2D eigenvalue weighted by molar-refractivity contribution is -0.119. The van der Waals surface area contributed by atoms with Gasteiger partial charge in [-0.05, 0) is 24.5 Å². The van der Waals surface area contributed by atoms with Crippen LogP contribution in [0.4, 0.5) is 5.69 Å². The molecule has 0 aliphatic rings. The Bertz CT molecular complexity index is 483. The van der Waals surface area contributed by atoms with E-state index in [1.807, 2.05) is 32.9 Å². The molecule has 1 aromatic carbocycles. The van der Waals surface area contributed by atoms with E-state index in [4.69, 9.17) is 11.6 Å². The number of hydrogen-bond donors (Lipinski definition) is 1. The minimum atomic E-state index is -0.0862. The van der Waals surface area contributed by atoms with Gasteiger partial charge in [0.2, 0.25) is 5.91 Å². The van der Waals surface area contributed by atoms with E-state index in [0.29, 0.717) is 23.6 Å². The molecule has 1 aromatic rings. The summed E-state index contributed by atoms with van der Waals surface area (Å²) >= 11 is 6.31. The van der Waals surface area contributed by atoms with Gasteiger partial charge in [0.25, 0.3) is 0 Å². The molecule has 0 radical (unpaired) electrons. The van der Waals surface area contributed by atoms with Crippen molar-refractivity contribution in [2.24, 2.45) is 5.92 Å². The third kappa shape index (κ3) is 4.97. The molecule has 0 atom stereocenters. The van der Waals surface area contributed by atoms with E-state index in [0.717, 1.165) is 18.4 Å². The van der Waals surface area contributed by atoms with Crippen LogP contribution in [0.25, 0.3) is 0 Å². The number of hydrogen-bond acceptors (Lipinski definition) is 2. The van der Waals surface area contributed by atoms with Crippen LogP contribution in [0.5, 0.6) is 0 Å². The minimum Gasteiger partial charge on any atom is -0.325 e. The second-order valence-electron chi connectivity index (χ2n) is 5.17. The highest BCUT2D eigenvalue weighted by molar-refractivity contribution is 6.34. The van der Waals surface area contributed by atoms with Crippen molar-refractivity contribution in [2.75, 3.05) is 5.32 Å². The standard InChI is InChI=1S/C16H22ClNO2/c1-4-13(19)9-5-7-12-8-6-10-14(15(12)17)18-16(20)11(2)3/h6,8,10-11H,4-5,7,9H2,1-3H3,(H,18,20). The first-order valence-corrected chi connectivity index (χ1v) is 7.43. The van der Waals surface area contributed by atoms with E-state index in [9.17, 15) is 9.59 Å². The monoisotopic (exact) mass is 295 g/mol. The number of benzene rings is 1. The number of carbonyl (C=O) groups excluding carboxylic acids is 2. The molecule has 0 aliphatic heterocycles. The maximum absolute atomic E-state index is 11.7. The fraction of sp³-hybridized carbons (Fsp3) is 0.500. The van der Waals surface area contributed by atoms with Crippen LogP contribution in [0.2, 0.25) is 5.02 Å². The molecule has 1 amide bonds. The van der Waals surface area contributed by atoms with Crippen molar-refractivity contribution >= 4 is 29.0 Å². The van der Waals surface area contributed by atoms with Gasteiger partial charge in [-0.3, -0.25) is 9.59 Å². The lowest BCUT2D eigenvalue weighted by atomic mass is 10.0.